The number of hydrogen-bond acceptors (Lipinski definition) is 4. The van der Waals surface area contributed by atoms with E-state index in [4.69, 9.17) is 0 Å². The summed E-state index contributed by atoms with van der Waals surface area (Å²) < 4.78 is 1.97. The van der Waals surface area contributed by atoms with Gasteiger partial charge in [-0.1, -0.05) is 0 Å². The van der Waals surface area contributed by atoms with Crippen molar-refractivity contribution >= 4 is 11.7 Å². The van der Waals surface area contributed by atoms with E-state index >= 15 is 0 Å². The van der Waals surface area contributed by atoms with Gasteiger partial charge in [-0.25, -0.2) is 4.79 Å². The van der Waals surface area contributed by atoms with Gasteiger partial charge in [0.2, 0.25) is 0 Å². The van der Waals surface area contributed by atoms with Crippen LogP contribution in [0.3, 0.4) is 0 Å². The van der Waals surface area contributed by atoms with Crippen molar-refractivity contribution < 1.29 is 9.90 Å². The second-order valence-electron chi connectivity index (χ2n) is 6.06. The van der Waals surface area contributed by atoms with Gasteiger partial charge in [-0.15, -0.1) is 0 Å². The monoisotopic (exact) mass is 277 g/mol. The Morgan fingerprint density at radius 2 is 2.30 bits per heavy atom. The minimum atomic E-state index is -0.322. The number of rotatable bonds is 1. The van der Waals surface area contributed by atoms with Crippen LogP contribution in [0.15, 0.2) is 6.20 Å². The van der Waals surface area contributed by atoms with E-state index in [9.17, 15) is 9.90 Å². The number of anilines is 1. The molecule has 0 radical (unpaired) electrons. The van der Waals surface area contributed by atoms with Crippen molar-refractivity contribution in [3.63, 3.8) is 0 Å². The highest BCUT2D eigenvalue weighted by Gasteiger charge is 2.47. The van der Waals surface area contributed by atoms with Crippen LogP contribution in [0.4, 0.5) is 10.5 Å². The summed E-state index contributed by atoms with van der Waals surface area (Å²) in [6.07, 6.45) is 2.74. The summed E-state index contributed by atoms with van der Waals surface area (Å²) in [5, 5.41) is 20.6. The predicted molar refractivity (Wildman–Crippen MR) is 72.4 cm³/mol. The average Bonchev–Trinajstić information content (AvgIpc) is 3.01. The zero-order valence-corrected chi connectivity index (χ0v) is 11.4. The molecule has 0 bridgehead atoms. The van der Waals surface area contributed by atoms with Gasteiger partial charge >= 0.3 is 6.03 Å². The smallest absolute Gasteiger partial charge is 0.322 e. The highest BCUT2D eigenvalue weighted by Crippen LogP contribution is 2.35. The quantitative estimate of drug-likeness (QED) is 0.664. The molecule has 3 N–H and O–H groups in total. The number of fused-ring (bicyclic) bond motifs is 2. The predicted octanol–water partition coefficient (Wildman–Crippen LogP) is -0.204. The summed E-state index contributed by atoms with van der Waals surface area (Å²) in [5.41, 5.74) is 1.93. The van der Waals surface area contributed by atoms with Gasteiger partial charge in [0.1, 0.15) is 0 Å². The van der Waals surface area contributed by atoms with Gasteiger partial charge in [-0.3, -0.25) is 9.58 Å². The number of nitrogens with zero attached hydrogens (tertiary/aromatic N) is 3. The van der Waals surface area contributed by atoms with Crippen LogP contribution < -0.4 is 15.5 Å². The summed E-state index contributed by atoms with van der Waals surface area (Å²) in [6, 6.07) is 0.430. The van der Waals surface area contributed by atoms with Crippen molar-refractivity contribution in [2.75, 3.05) is 4.90 Å². The van der Waals surface area contributed by atoms with Crippen LogP contribution in [0.1, 0.15) is 25.5 Å². The lowest BCUT2D eigenvalue weighted by Crippen LogP contribution is -2.39. The van der Waals surface area contributed by atoms with E-state index < -0.39 is 0 Å². The number of hydrogen-bond donors (Lipinski definition) is 3. The van der Waals surface area contributed by atoms with Crippen molar-refractivity contribution in [2.45, 2.75) is 57.1 Å². The molecule has 3 aliphatic rings. The summed E-state index contributed by atoms with van der Waals surface area (Å²) in [6.45, 7) is 3.66. The fourth-order valence-electron chi connectivity index (χ4n) is 3.63. The third kappa shape index (κ3) is 1.66. The third-order valence-corrected chi connectivity index (χ3v) is 4.61. The zero-order valence-electron chi connectivity index (χ0n) is 11.4. The molecule has 2 amide bonds. The van der Waals surface area contributed by atoms with E-state index in [1.165, 1.54) is 0 Å². The topological polar surface area (TPSA) is 82.4 Å². The van der Waals surface area contributed by atoms with Crippen molar-refractivity contribution in [3.05, 3.63) is 11.9 Å². The maximum atomic E-state index is 12.2. The molecule has 2 fully saturated rings. The molecule has 7 heteroatoms. The Labute approximate surface area is 116 Å². The number of aliphatic hydroxyl groups is 1. The standard InChI is InChI=1S/C13H19N5O2/c1-7-6-17-11(4-14-7)12(5-15-17)18-10-3-8(19)2-9(10)16-13(18)20/h5,7-10,14,19H,2-4,6H2,1H3,(H,16,20)/t7-,8?,9?,10?/m0/s1. The van der Waals surface area contributed by atoms with Gasteiger partial charge in [0.05, 0.1) is 42.3 Å². The molecular formula is C13H19N5O2. The Morgan fingerprint density at radius 3 is 3.15 bits per heavy atom. The minimum Gasteiger partial charge on any atom is -0.393 e. The maximum Gasteiger partial charge on any atom is 0.322 e. The lowest BCUT2D eigenvalue weighted by atomic mass is 10.1. The normalized spacial score (nSPS) is 35.9. The number of urea groups is 1. The Kier molecular flexibility index (Phi) is 2.55. The molecule has 108 valence electrons. The van der Waals surface area contributed by atoms with Crippen LogP contribution in [0.2, 0.25) is 0 Å². The van der Waals surface area contributed by atoms with Crippen molar-refractivity contribution in [2.24, 2.45) is 0 Å². The second kappa shape index (κ2) is 4.20. The van der Waals surface area contributed by atoms with Crippen molar-refractivity contribution in [3.8, 4) is 0 Å². The molecule has 7 nitrogen and oxygen atoms in total. The molecule has 1 aliphatic carbocycles. The third-order valence-electron chi connectivity index (χ3n) is 4.61. The van der Waals surface area contributed by atoms with Gasteiger partial charge < -0.3 is 15.7 Å². The number of nitrogens with one attached hydrogen (secondary N) is 2. The van der Waals surface area contributed by atoms with E-state index in [-0.39, 0.29) is 24.2 Å². The van der Waals surface area contributed by atoms with Crippen molar-refractivity contribution in [1.29, 1.82) is 0 Å². The minimum absolute atomic E-state index is 0.0470. The molecule has 1 aromatic rings. The molecule has 2 aliphatic heterocycles. The zero-order chi connectivity index (χ0) is 13.9. The Balaban J connectivity index is 1.69. The van der Waals surface area contributed by atoms with E-state index in [1.54, 1.807) is 11.1 Å². The fourth-order valence-corrected chi connectivity index (χ4v) is 3.63. The number of carbonyl (C=O) groups excluding carboxylic acids is 1. The van der Waals surface area contributed by atoms with Gasteiger partial charge in [0.25, 0.3) is 0 Å². The molecule has 1 saturated heterocycles. The molecule has 0 aromatic carbocycles. The van der Waals surface area contributed by atoms with Crippen LogP contribution in [0.25, 0.3) is 0 Å². The van der Waals surface area contributed by atoms with Crippen LogP contribution >= 0.6 is 0 Å². The lowest BCUT2D eigenvalue weighted by Gasteiger charge is -2.26. The lowest BCUT2D eigenvalue weighted by molar-refractivity contribution is 0.176. The molecule has 4 atom stereocenters. The highest BCUT2D eigenvalue weighted by molar-refractivity contribution is 5.96. The highest BCUT2D eigenvalue weighted by atomic mass is 16.3. The molecule has 3 heterocycles. The van der Waals surface area contributed by atoms with Crippen LogP contribution in [-0.4, -0.2) is 45.1 Å². The molecule has 1 aromatic heterocycles. The van der Waals surface area contributed by atoms with Gasteiger partial charge in [0.15, 0.2) is 0 Å². The van der Waals surface area contributed by atoms with Crippen molar-refractivity contribution in [1.82, 2.24) is 20.4 Å². The first-order chi connectivity index (χ1) is 9.63. The molecule has 3 unspecified atom stereocenters. The van der Waals surface area contributed by atoms with E-state index in [0.717, 1.165) is 24.5 Å². The largest absolute Gasteiger partial charge is 0.393 e. The molecular weight excluding hydrogens is 258 g/mol. The first-order valence-electron chi connectivity index (χ1n) is 7.19. The molecule has 4 rings (SSSR count). The summed E-state index contributed by atoms with van der Waals surface area (Å²) in [5.74, 6) is 0. The van der Waals surface area contributed by atoms with Gasteiger partial charge in [-0.05, 0) is 19.8 Å². The molecule has 0 spiro atoms. The number of carbonyl (C=O) groups is 1. The first-order valence-corrected chi connectivity index (χ1v) is 7.19. The second-order valence-corrected chi connectivity index (χ2v) is 6.06. The Morgan fingerprint density at radius 1 is 1.45 bits per heavy atom. The van der Waals surface area contributed by atoms with Crippen LogP contribution in [0.5, 0.6) is 0 Å². The van der Waals surface area contributed by atoms with E-state index in [2.05, 4.69) is 22.7 Å². The summed E-state index contributed by atoms with van der Waals surface area (Å²) >= 11 is 0. The van der Waals surface area contributed by atoms with E-state index in [0.29, 0.717) is 18.9 Å². The molecule has 20 heavy (non-hydrogen) atoms. The van der Waals surface area contributed by atoms with Gasteiger partial charge in [0, 0.05) is 12.6 Å². The van der Waals surface area contributed by atoms with Crippen LogP contribution in [0, 0.1) is 0 Å². The SMILES string of the molecule is C[C@H]1Cn2ncc(N3C(=O)NC4CC(O)CC43)c2CN1. The fraction of sp³-hybridized carbons (Fsp3) is 0.692. The number of aromatic nitrogens is 2. The summed E-state index contributed by atoms with van der Waals surface area (Å²) in [7, 11) is 0. The number of amides is 2. The average molecular weight is 277 g/mol. The Bertz CT molecular complexity index is 557. The summed E-state index contributed by atoms with van der Waals surface area (Å²) in [4.78, 5) is 14.0. The first kappa shape index (κ1) is 12.2. The Hall–Kier alpha value is -1.60. The van der Waals surface area contributed by atoms with E-state index in [1.807, 2.05) is 4.68 Å². The van der Waals surface area contributed by atoms with Crippen LogP contribution in [-0.2, 0) is 13.1 Å². The van der Waals surface area contributed by atoms with Gasteiger partial charge in [-0.2, -0.15) is 5.10 Å². The maximum absolute atomic E-state index is 12.2. The number of aliphatic hydroxyl groups excluding tert-OH is 1. The molecule has 1 saturated carbocycles.